The van der Waals surface area contributed by atoms with E-state index in [0.717, 1.165) is 41.7 Å². The van der Waals surface area contributed by atoms with E-state index in [4.69, 9.17) is 9.72 Å². The first-order valence-corrected chi connectivity index (χ1v) is 12.4. The molecule has 1 saturated heterocycles. The van der Waals surface area contributed by atoms with Crippen molar-refractivity contribution in [2.45, 2.75) is 38.1 Å². The van der Waals surface area contributed by atoms with Gasteiger partial charge in [-0.2, -0.15) is 9.97 Å². The molecule has 2 aromatic carbocycles. The molecule has 0 bridgehead atoms. The van der Waals surface area contributed by atoms with Crippen LogP contribution in [0.2, 0.25) is 0 Å². The van der Waals surface area contributed by atoms with Crippen LogP contribution < -0.4 is 4.74 Å². The molecule has 3 heterocycles. The quantitative estimate of drug-likeness (QED) is 0.353. The van der Waals surface area contributed by atoms with Crippen molar-refractivity contribution in [3.8, 4) is 17.4 Å². The molecule has 0 amide bonds. The van der Waals surface area contributed by atoms with Crippen LogP contribution in [0.5, 0.6) is 6.01 Å². The van der Waals surface area contributed by atoms with Gasteiger partial charge in [0.05, 0.1) is 17.8 Å². The molecule has 2 aromatic heterocycles. The van der Waals surface area contributed by atoms with E-state index in [9.17, 15) is 0 Å². The van der Waals surface area contributed by atoms with Gasteiger partial charge in [0.2, 0.25) is 0 Å². The summed E-state index contributed by atoms with van der Waals surface area (Å²) >= 11 is 0. The normalized spacial score (nSPS) is 20.4. The first-order valence-electron chi connectivity index (χ1n) is 12.4. The van der Waals surface area contributed by atoms with Crippen molar-refractivity contribution in [2.24, 2.45) is 5.92 Å². The average molecular weight is 451 g/mol. The molecule has 1 aliphatic heterocycles. The lowest BCUT2D eigenvalue weighted by Crippen LogP contribution is -2.27. The topological polar surface area (TPSA) is 51.1 Å². The summed E-state index contributed by atoms with van der Waals surface area (Å²) in [5.74, 6) is 1.18. The molecule has 0 atom stereocenters. The lowest BCUT2D eigenvalue weighted by Gasteiger charge is -2.35. The summed E-state index contributed by atoms with van der Waals surface area (Å²) in [4.78, 5) is 16.4. The molecule has 2 aliphatic rings. The number of para-hydroxylation sites is 1. The number of hydrogen-bond acceptors (Lipinski definition) is 5. The first kappa shape index (κ1) is 21.2. The van der Waals surface area contributed by atoms with Gasteiger partial charge in [-0.25, -0.2) is 0 Å². The van der Waals surface area contributed by atoms with Crippen LogP contribution in [-0.4, -0.2) is 39.5 Å². The molecule has 4 aromatic rings. The molecule has 172 valence electrons. The van der Waals surface area contributed by atoms with Crippen LogP contribution in [0.1, 0.15) is 42.7 Å². The average Bonchev–Trinajstić information content (AvgIpc) is 3.37. The molecule has 34 heavy (non-hydrogen) atoms. The maximum absolute atomic E-state index is 6.10. The van der Waals surface area contributed by atoms with Crippen LogP contribution >= 0.6 is 0 Å². The fraction of sp³-hybridized carbons (Fsp3) is 0.345. The van der Waals surface area contributed by atoms with Crippen molar-refractivity contribution >= 4 is 10.9 Å². The Bertz CT molecular complexity index is 1250. The third-order valence-corrected chi connectivity index (χ3v) is 7.23. The highest BCUT2D eigenvalue weighted by Crippen LogP contribution is 2.42. The van der Waals surface area contributed by atoms with E-state index in [1.165, 1.54) is 37.1 Å². The Kier molecular flexibility index (Phi) is 5.94. The molecule has 2 fully saturated rings. The van der Waals surface area contributed by atoms with E-state index >= 15 is 0 Å². The lowest BCUT2D eigenvalue weighted by atomic mass is 9.72. The van der Waals surface area contributed by atoms with Gasteiger partial charge in [-0.15, -0.1) is 0 Å². The number of pyridine rings is 1. The van der Waals surface area contributed by atoms with Crippen molar-refractivity contribution < 1.29 is 4.74 Å². The van der Waals surface area contributed by atoms with E-state index in [0.29, 0.717) is 24.5 Å². The minimum Gasteiger partial charge on any atom is -0.463 e. The van der Waals surface area contributed by atoms with Crippen molar-refractivity contribution in [1.29, 1.82) is 0 Å². The fourth-order valence-electron chi connectivity index (χ4n) is 5.25. The molecule has 0 radical (unpaired) electrons. The highest BCUT2D eigenvalue weighted by atomic mass is 16.5. The van der Waals surface area contributed by atoms with Crippen molar-refractivity contribution in [3.05, 3.63) is 84.1 Å². The van der Waals surface area contributed by atoms with Gasteiger partial charge >= 0.3 is 6.01 Å². The molecule has 0 unspecified atom stereocenters. The number of nitrogens with zero attached hydrogens (tertiary/aromatic N) is 4. The highest BCUT2D eigenvalue weighted by Gasteiger charge is 2.31. The summed E-state index contributed by atoms with van der Waals surface area (Å²) in [7, 11) is 0. The first-order chi connectivity index (χ1) is 16.8. The number of ether oxygens (including phenoxy) is 1. The fourth-order valence-corrected chi connectivity index (χ4v) is 5.25. The van der Waals surface area contributed by atoms with Crippen LogP contribution in [0.15, 0.2) is 72.9 Å². The van der Waals surface area contributed by atoms with Crippen LogP contribution in [-0.2, 0) is 6.54 Å². The number of likely N-dealkylation sites (tertiary alicyclic amines) is 1. The van der Waals surface area contributed by atoms with Gasteiger partial charge in [0.15, 0.2) is 0 Å². The number of aromatic nitrogens is 3. The molecule has 5 heteroatoms. The largest absolute Gasteiger partial charge is 0.463 e. The summed E-state index contributed by atoms with van der Waals surface area (Å²) in [6.45, 7) is 4.24. The second-order valence-electron chi connectivity index (χ2n) is 9.66. The highest BCUT2D eigenvalue weighted by molar-refractivity contribution is 5.91. The third kappa shape index (κ3) is 4.53. The standard InChI is InChI=1S/C29H30N4O/c1-2-8-26-25(7-1)28(27-9-3-4-14-30-27)32-29(31-26)34-20-22-17-24(18-22)23-12-10-21(11-13-23)19-33-15-5-6-16-33/h1-4,7-14,22,24H,5-6,15-20H2/t22-,24+. The van der Waals surface area contributed by atoms with E-state index < -0.39 is 0 Å². The van der Waals surface area contributed by atoms with Crippen molar-refractivity contribution in [1.82, 2.24) is 19.9 Å². The Morgan fingerprint density at radius 3 is 2.44 bits per heavy atom. The van der Waals surface area contributed by atoms with Gasteiger partial charge in [0.1, 0.15) is 5.69 Å². The molecule has 6 rings (SSSR count). The van der Waals surface area contributed by atoms with Crippen LogP contribution in [0.25, 0.3) is 22.3 Å². The van der Waals surface area contributed by atoms with Crippen LogP contribution in [0.3, 0.4) is 0 Å². The number of rotatable bonds is 7. The molecule has 0 N–H and O–H groups in total. The summed E-state index contributed by atoms with van der Waals surface area (Å²) < 4.78 is 6.10. The van der Waals surface area contributed by atoms with Crippen molar-refractivity contribution in [2.75, 3.05) is 19.7 Å². The van der Waals surface area contributed by atoms with E-state index in [-0.39, 0.29) is 0 Å². The molecule has 1 saturated carbocycles. The van der Waals surface area contributed by atoms with E-state index in [2.05, 4.69) is 39.1 Å². The lowest BCUT2D eigenvalue weighted by molar-refractivity contribution is 0.150. The number of hydrogen-bond donors (Lipinski definition) is 0. The Balaban J connectivity index is 1.08. The predicted molar refractivity (Wildman–Crippen MR) is 135 cm³/mol. The zero-order chi connectivity index (χ0) is 22.7. The van der Waals surface area contributed by atoms with Gasteiger partial charge in [0.25, 0.3) is 0 Å². The molecule has 5 nitrogen and oxygen atoms in total. The summed E-state index contributed by atoms with van der Waals surface area (Å²) in [6, 6.07) is 23.7. The zero-order valence-electron chi connectivity index (χ0n) is 19.4. The Morgan fingerprint density at radius 2 is 1.65 bits per heavy atom. The van der Waals surface area contributed by atoms with Gasteiger partial charge in [-0.1, -0.05) is 48.5 Å². The summed E-state index contributed by atoms with van der Waals surface area (Å²) in [5, 5.41) is 0.991. The number of benzene rings is 2. The number of fused-ring (bicyclic) bond motifs is 1. The molecular formula is C29H30N4O. The smallest absolute Gasteiger partial charge is 0.317 e. The predicted octanol–water partition coefficient (Wildman–Crippen LogP) is 5.86. The van der Waals surface area contributed by atoms with Gasteiger partial charge in [-0.3, -0.25) is 9.88 Å². The van der Waals surface area contributed by atoms with Crippen LogP contribution in [0.4, 0.5) is 0 Å². The van der Waals surface area contributed by atoms with Crippen LogP contribution in [0, 0.1) is 5.92 Å². The minimum atomic E-state index is 0.439. The van der Waals surface area contributed by atoms with Gasteiger partial charge in [0, 0.05) is 18.1 Å². The Morgan fingerprint density at radius 1 is 0.853 bits per heavy atom. The second kappa shape index (κ2) is 9.51. The monoisotopic (exact) mass is 450 g/mol. The zero-order valence-corrected chi connectivity index (χ0v) is 19.4. The SMILES string of the molecule is c1ccc(-c2nc(OC[C@H]3C[C@@H](c4ccc(CN5CCCC5)cc4)C3)nc3ccccc23)nc1. The minimum absolute atomic E-state index is 0.439. The summed E-state index contributed by atoms with van der Waals surface area (Å²) in [5.41, 5.74) is 5.43. The Hall–Kier alpha value is -3.31. The molecular weight excluding hydrogens is 420 g/mol. The van der Waals surface area contributed by atoms with E-state index in [1.807, 2.05) is 42.5 Å². The van der Waals surface area contributed by atoms with Gasteiger partial charge in [-0.05, 0) is 79.9 Å². The van der Waals surface area contributed by atoms with E-state index in [1.54, 1.807) is 6.20 Å². The Labute approximate surface area is 200 Å². The molecule has 1 aliphatic carbocycles. The molecule has 0 spiro atoms. The second-order valence-corrected chi connectivity index (χ2v) is 9.66. The maximum Gasteiger partial charge on any atom is 0.317 e. The summed E-state index contributed by atoms with van der Waals surface area (Å²) in [6.07, 6.45) is 6.80. The van der Waals surface area contributed by atoms with Crippen molar-refractivity contribution in [3.63, 3.8) is 0 Å². The maximum atomic E-state index is 6.10. The van der Waals surface area contributed by atoms with Gasteiger partial charge < -0.3 is 4.74 Å². The third-order valence-electron chi connectivity index (χ3n) is 7.23.